The molecule has 2 aromatic heterocycles. The van der Waals surface area contributed by atoms with Gasteiger partial charge in [0.2, 0.25) is 0 Å². The molecule has 8 nitrogen and oxygen atoms in total. The van der Waals surface area contributed by atoms with Gasteiger partial charge in [0, 0.05) is 25.3 Å². The highest BCUT2D eigenvalue weighted by molar-refractivity contribution is 5.84. The monoisotopic (exact) mass is 334 g/mol. The van der Waals surface area contributed by atoms with E-state index in [4.69, 9.17) is 9.15 Å². The fourth-order valence-electron chi connectivity index (χ4n) is 2.89. The minimum atomic E-state index is -0.523. The SMILES string of the molecule is CC(C)(C)OC(=O)N[C@@H]1CCCN(c2ccnc3oc(=O)[nH]c23)C1. The van der Waals surface area contributed by atoms with Gasteiger partial charge in [-0.2, -0.15) is 0 Å². The van der Waals surface area contributed by atoms with Crippen molar-refractivity contribution >= 4 is 23.0 Å². The lowest BCUT2D eigenvalue weighted by atomic mass is 10.1. The number of fused-ring (bicyclic) bond motifs is 1. The molecule has 0 spiro atoms. The van der Waals surface area contributed by atoms with Crippen molar-refractivity contribution in [2.24, 2.45) is 0 Å². The second-order valence-electron chi connectivity index (χ2n) is 6.96. The molecule has 0 aliphatic carbocycles. The van der Waals surface area contributed by atoms with E-state index in [-0.39, 0.29) is 6.04 Å². The van der Waals surface area contributed by atoms with Crippen LogP contribution in [-0.4, -0.2) is 40.8 Å². The van der Waals surface area contributed by atoms with Crippen molar-refractivity contribution in [1.82, 2.24) is 15.3 Å². The van der Waals surface area contributed by atoms with Crippen LogP contribution < -0.4 is 16.0 Å². The number of aromatic amines is 1. The van der Waals surface area contributed by atoms with Crippen LogP contribution in [0.4, 0.5) is 10.5 Å². The molecule has 8 heteroatoms. The highest BCUT2D eigenvalue weighted by Crippen LogP contribution is 2.25. The topological polar surface area (TPSA) is 100 Å². The maximum absolute atomic E-state index is 12.0. The van der Waals surface area contributed by atoms with E-state index in [0.29, 0.717) is 17.8 Å². The Bertz CT molecular complexity index is 789. The second-order valence-corrected chi connectivity index (χ2v) is 6.96. The number of alkyl carbamates (subject to hydrolysis) is 1. The maximum Gasteiger partial charge on any atom is 0.418 e. The molecule has 3 heterocycles. The smallest absolute Gasteiger partial charge is 0.418 e. The summed E-state index contributed by atoms with van der Waals surface area (Å²) in [6.45, 7) is 6.97. The highest BCUT2D eigenvalue weighted by Gasteiger charge is 2.25. The summed E-state index contributed by atoms with van der Waals surface area (Å²) in [6, 6.07) is 1.82. The molecule has 1 atom stereocenters. The Morgan fingerprint density at radius 3 is 3.04 bits per heavy atom. The molecule has 24 heavy (non-hydrogen) atoms. The van der Waals surface area contributed by atoms with Crippen LogP contribution in [0.25, 0.3) is 11.2 Å². The average Bonchev–Trinajstić information content (AvgIpc) is 2.85. The number of carbonyl (C=O) groups excluding carboxylic acids is 1. The van der Waals surface area contributed by atoms with Gasteiger partial charge < -0.3 is 19.4 Å². The van der Waals surface area contributed by atoms with Gasteiger partial charge in [0.1, 0.15) is 11.1 Å². The largest absolute Gasteiger partial charge is 0.444 e. The van der Waals surface area contributed by atoms with Crippen LogP contribution in [0.2, 0.25) is 0 Å². The molecule has 2 aromatic rings. The fourth-order valence-corrected chi connectivity index (χ4v) is 2.89. The van der Waals surface area contributed by atoms with Crippen molar-refractivity contribution in [2.45, 2.75) is 45.3 Å². The Labute approximate surface area is 139 Å². The van der Waals surface area contributed by atoms with Gasteiger partial charge in [-0.05, 0) is 39.7 Å². The van der Waals surface area contributed by atoms with Crippen molar-refractivity contribution in [3.8, 4) is 0 Å². The summed E-state index contributed by atoms with van der Waals surface area (Å²) in [4.78, 5) is 32.2. The number of pyridine rings is 1. The molecule has 1 aliphatic rings. The zero-order chi connectivity index (χ0) is 17.3. The minimum absolute atomic E-state index is 0.0181. The number of aromatic nitrogens is 2. The number of nitrogens with zero attached hydrogens (tertiary/aromatic N) is 2. The van der Waals surface area contributed by atoms with Crippen molar-refractivity contribution < 1.29 is 13.9 Å². The van der Waals surface area contributed by atoms with Crippen molar-refractivity contribution in [1.29, 1.82) is 0 Å². The number of H-pyrrole nitrogens is 1. The molecule has 1 amide bonds. The minimum Gasteiger partial charge on any atom is -0.444 e. The number of carbonyl (C=O) groups is 1. The van der Waals surface area contributed by atoms with Gasteiger partial charge in [-0.1, -0.05) is 0 Å². The predicted molar refractivity (Wildman–Crippen MR) is 89.2 cm³/mol. The van der Waals surface area contributed by atoms with Gasteiger partial charge in [-0.15, -0.1) is 0 Å². The zero-order valence-corrected chi connectivity index (χ0v) is 14.1. The van der Waals surface area contributed by atoms with Crippen molar-refractivity contribution in [3.05, 3.63) is 22.8 Å². The van der Waals surface area contributed by atoms with Crippen molar-refractivity contribution in [2.75, 3.05) is 18.0 Å². The van der Waals surface area contributed by atoms with E-state index in [2.05, 4.69) is 20.2 Å². The van der Waals surface area contributed by atoms with Crippen LogP contribution in [0.1, 0.15) is 33.6 Å². The first kappa shape index (κ1) is 16.4. The third-order valence-electron chi connectivity index (χ3n) is 3.79. The number of hydrogen-bond donors (Lipinski definition) is 2. The summed E-state index contributed by atoms with van der Waals surface area (Å²) in [5, 5.41) is 2.91. The van der Waals surface area contributed by atoms with E-state index < -0.39 is 17.5 Å². The summed E-state index contributed by atoms with van der Waals surface area (Å²) >= 11 is 0. The molecule has 0 bridgehead atoms. The van der Waals surface area contributed by atoms with E-state index in [9.17, 15) is 9.59 Å². The van der Waals surface area contributed by atoms with E-state index >= 15 is 0 Å². The lowest BCUT2D eigenvalue weighted by Crippen LogP contribution is -2.49. The van der Waals surface area contributed by atoms with E-state index in [1.54, 1.807) is 6.20 Å². The van der Waals surface area contributed by atoms with E-state index in [1.807, 2.05) is 26.8 Å². The summed E-state index contributed by atoms with van der Waals surface area (Å²) in [5.74, 6) is -0.523. The van der Waals surface area contributed by atoms with Gasteiger partial charge in [0.15, 0.2) is 0 Å². The van der Waals surface area contributed by atoms with E-state index in [0.717, 1.165) is 25.1 Å². The van der Waals surface area contributed by atoms with Crippen LogP contribution in [-0.2, 0) is 4.74 Å². The molecule has 130 valence electrons. The van der Waals surface area contributed by atoms with Gasteiger partial charge >= 0.3 is 11.8 Å². The number of amides is 1. The first-order valence-corrected chi connectivity index (χ1v) is 8.04. The molecule has 1 aliphatic heterocycles. The molecule has 0 unspecified atom stereocenters. The average molecular weight is 334 g/mol. The lowest BCUT2D eigenvalue weighted by molar-refractivity contribution is 0.0500. The third-order valence-corrected chi connectivity index (χ3v) is 3.79. The Hall–Kier alpha value is -2.51. The van der Waals surface area contributed by atoms with Crippen LogP contribution >= 0.6 is 0 Å². The number of piperidine rings is 1. The van der Waals surface area contributed by atoms with Crippen LogP contribution in [0.5, 0.6) is 0 Å². The fraction of sp³-hybridized carbons (Fsp3) is 0.562. The molecule has 3 rings (SSSR count). The number of hydrogen-bond acceptors (Lipinski definition) is 6. The summed E-state index contributed by atoms with van der Waals surface area (Å²) in [6.07, 6.45) is 3.00. The Balaban J connectivity index is 1.73. The standard InChI is InChI=1S/C16H22N4O4/c1-16(2,3)24-15(22)18-10-5-4-8-20(9-10)11-6-7-17-13-12(11)19-14(21)23-13/h6-7,10H,4-5,8-9H2,1-3H3,(H,18,22)(H,19,21)/t10-/m1/s1. The number of oxazole rings is 1. The van der Waals surface area contributed by atoms with Crippen molar-refractivity contribution in [3.63, 3.8) is 0 Å². The summed E-state index contributed by atoms with van der Waals surface area (Å²) < 4.78 is 10.3. The maximum atomic E-state index is 12.0. The molecule has 1 saturated heterocycles. The highest BCUT2D eigenvalue weighted by atomic mass is 16.6. The molecular weight excluding hydrogens is 312 g/mol. The number of anilines is 1. The first-order valence-electron chi connectivity index (χ1n) is 8.04. The molecule has 0 radical (unpaired) electrons. The second kappa shape index (κ2) is 6.18. The van der Waals surface area contributed by atoms with Gasteiger partial charge in [0.25, 0.3) is 5.71 Å². The molecule has 0 aromatic carbocycles. The predicted octanol–water partition coefficient (Wildman–Crippen LogP) is 2.01. The van der Waals surface area contributed by atoms with Crippen LogP contribution in [0.15, 0.2) is 21.5 Å². The number of rotatable bonds is 2. The lowest BCUT2D eigenvalue weighted by Gasteiger charge is -2.35. The molecular formula is C16H22N4O4. The quantitative estimate of drug-likeness (QED) is 0.871. The summed E-state index contributed by atoms with van der Waals surface area (Å²) in [7, 11) is 0. The summed E-state index contributed by atoms with van der Waals surface area (Å²) in [5.41, 5.74) is 1.20. The van der Waals surface area contributed by atoms with Crippen LogP contribution in [0.3, 0.4) is 0 Å². The number of ether oxygens (including phenoxy) is 1. The Kier molecular flexibility index (Phi) is 4.21. The zero-order valence-electron chi connectivity index (χ0n) is 14.1. The van der Waals surface area contributed by atoms with Gasteiger partial charge in [0.05, 0.1) is 5.69 Å². The molecule has 1 fully saturated rings. The molecule has 0 saturated carbocycles. The first-order chi connectivity index (χ1) is 11.3. The van der Waals surface area contributed by atoms with Gasteiger partial charge in [-0.3, -0.25) is 4.98 Å². The third kappa shape index (κ3) is 3.69. The van der Waals surface area contributed by atoms with Crippen LogP contribution in [0, 0.1) is 0 Å². The Morgan fingerprint density at radius 2 is 2.29 bits per heavy atom. The van der Waals surface area contributed by atoms with Gasteiger partial charge in [-0.25, -0.2) is 14.6 Å². The number of nitrogens with one attached hydrogen (secondary N) is 2. The Morgan fingerprint density at radius 1 is 1.50 bits per heavy atom. The normalized spacial score (nSPS) is 18.6. The van der Waals surface area contributed by atoms with E-state index in [1.165, 1.54) is 0 Å². The molecule has 2 N–H and O–H groups in total.